The van der Waals surface area contributed by atoms with Crippen LogP contribution >= 0.6 is 0 Å². The Kier molecular flexibility index (Phi) is 5.73. The molecular weight excluding hydrogens is 437 g/mol. The van der Waals surface area contributed by atoms with E-state index in [9.17, 15) is 23.6 Å². The van der Waals surface area contributed by atoms with E-state index in [1.165, 1.54) is 29.2 Å². The van der Waals surface area contributed by atoms with E-state index >= 15 is 0 Å². The van der Waals surface area contributed by atoms with Crippen molar-refractivity contribution in [1.29, 1.82) is 0 Å². The molecule has 0 bridgehead atoms. The van der Waals surface area contributed by atoms with Crippen molar-refractivity contribution in [2.24, 2.45) is 11.8 Å². The summed E-state index contributed by atoms with van der Waals surface area (Å²) >= 11 is 0. The van der Waals surface area contributed by atoms with Crippen molar-refractivity contribution in [3.8, 4) is 0 Å². The van der Waals surface area contributed by atoms with Crippen molar-refractivity contribution in [3.05, 3.63) is 72.1 Å². The Bertz CT molecular complexity index is 1170. The topological polar surface area (TPSA) is 86.8 Å². The largest absolute Gasteiger partial charge is 0.324 e. The van der Waals surface area contributed by atoms with Crippen molar-refractivity contribution in [2.75, 3.05) is 16.8 Å². The number of para-hydroxylation sites is 1. The molecule has 7 nitrogen and oxygen atoms in total. The number of fused-ring (bicyclic) bond motifs is 2. The van der Waals surface area contributed by atoms with Crippen LogP contribution in [0, 0.1) is 17.7 Å². The number of amides is 4. The monoisotopic (exact) mass is 461 g/mol. The number of nitrogens with zero attached hydrogens (tertiary/aromatic N) is 2. The zero-order chi connectivity index (χ0) is 23.8. The Balaban J connectivity index is 1.40. The third-order valence-corrected chi connectivity index (χ3v) is 6.83. The van der Waals surface area contributed by atoms with Gasteiger partial charge in [-0.3, -0.25) is 29.0 Å². The van der Waals surface area contributed by atoms with E-state index < -0.39 is 42.1 Å². The minimum Gasteiger partial charge on any atom is -0.324 e. The summed E-state index contributed by atoms with van der Waals surface area (Å²) in [6.45, 7) is -0.403. The normalized spacial score (nSPS) is 23.5. The highest BCUT2D eigenvalue weighted by atomic mass is 19.1. The second kappa shape index (κ2) is 8.85. The van der Waals surface area contributed by atoms with Crippen LogP contribution in [0.15, 0.2) is 60.7 Å². The number of hydrogen-bond acceptors (Lipinski definition) is 4. The number of halogens is 1. The fourth-order valence-corrected chi connectivity index (χ4v) is 5.10. The Morgan fingerprint density at radius 1 is 0.941 bits per heavy atom. The number of carbonyl (C=O) groups excluding carboxylic acids is 4. The molecule has 1 N–H and O–H groups in total. The predicted octanol–water partition coefficient (Wildman–Crippen LogP) is 3.06. The standard InChI is InChI=1S/C26H24FN3O4/c27-17-10-12-18(13-11-17)28-24(32)22-14-9-16-5-1-4-8-21(16)30(22)23(31)15-29-25(33)19-6-2-3-7-20(19)26(29)34/h1-5,8,10-13,19-20,22H,6-7,9,14-15H2,(H,28,32). The molecule has 0 saturated carbocycles. The maximum Gasteiger partial charge on any atom is 0.247 e. The zero-order valence-electron chi connectivity index (χ0n) is 18.4. The Morgan fingerprint density at radius 3 is 2.26 bits per heavy atom. The first-order valence-corrected chi connectivity index (χ1v) is 11.4. The lowest BCUT2D eigenvalue weighted by Crippen LogP contribution is -2.53. The van der Waals surface area contributed by atoms with Gasteiger partial charge < -0.3 is 5.32 Å². The molecule has 34 heavy (non-hydrogen) atoms. The van der Waals surface area contributed by atoms with E-state index in [0.717, 1.165) is 10.5 Å². The van der Waals surface area contributed by atoms with E-state index in [1.807, 2.05) is 24.3 Å². The molecule has 174 valence electrons. The van der Waals surface area contributed by atoms with Gasteiger partial charge in [0.15, 0.2) is 0 Å². The molecule has 3 atom stereocenters. The van der Waals surface area contributed by atoms with Crippen molar-refractivity contribution in [1.82, 2.24) is 4.90 Å². The molecule has 0 spiro atoms. The van der Waals surface area contributed by atoms with Crippen LogP contribution in [-0.4, -0.2) is 41.1 Å². The number of carbonyl (C=O) groups is 4. The fourth-order valence-electron chi connectivity index (χ4n) is 5.10. The summed E-state index contributed by atoms with van der Waals surface area (Å²) in [5, 5.41) is 2.75. The predicted molar refractivity (Wildman–Crippen MR) is 123 cm³/mol. The zero-order valence-corrected chi connectivity index (χ0v) is 18.4. The summed E-state index contributed by atoms with van der Waals surface area (Å²) in [5.41, 5.74) is 1.92. The van der Waals surface area contributed by atoms with Crippen LogP contribution in [0.25, 0.3) is 0 Å². The van der Waals surface area contributed by atoms with E-state index in [0.29, 0.717) is 37.1 Å². The third kappa shape index (κ3) is 3.89. The number of rotatable bonds is 4. The molecule has 2 aromatic rings. The van der Waals surface area contributed by atoms with Crippen LogP contribution in [0.2, 0.25) is 0 Å². The van der Waals surface area contributed by atoms with Crippen molar-refractivity contribution < 1.29 is 23.6 Å². The second-order valence-corrected chi connectivity index (χ2v) is 8.86. The molecule has 2 aromatic carbocycles. The lowest BCUT2D eigenvalue weighted by molar-refractivity contribution is -0.143. The van der Waals surface area contributed by atoms with Gasteiger partial charge in [-0.05, 0) is 61.6 Å². The average Bonchev–Trinajstić information content (AvgIpc) is 3.09. The van der Waals surface area contributed by atoms with Gasteiger partial charge in [-0.2, -0.15) is 0 Å². The number of aryl methyl sites for hydroxylation is 1. The molecule has 0 aromatic heterocycles. The molecule has 1 aliphatic carbocycles. The van der Waals surface area contributed by atoms with Crippen LogP contribution in [-0.2, 0) is 25.6 Å². The molecule has 2 heterocycles. The van der Waals surface area contributed by atoms with Crippen LogP contribution in [0.5, 0.6) is 0 Å². The van der Waals surface area contributed by atoms with Crippen LogP contribution in [0.4, 0.5) is 15.8 Å². The highest BCUT2D eigenvalue weighted by Gasteiger charge is 2.48. The number of hydrogen-bond donors (Lipinski definition) is 1. The summed E-state index contributed by atoms with van der Waals surface area (Å²) in [6.07, 6.45) is 5.76. The first-order chi connectivity index (χ1) is 16.4. The smallest absolute Gasteiger partial charge is 0.247 e. The number of anilines is 2. The number of nitrogens with one attached hydrogen (secondary N) is 1. The molecule has 5 rings (SSSR count). The molecular formula is C26H24FN3O4. The van der Waals surface area contributed by atoms with Crippen LogP contribution < -0.4 is 10.2 Å². The van der Waals surface area contributed by atoms with Gasteiger partial charge in [0, 0.05) is 11.4 Å². The summed E-state index contributed by atoms with van der Waals surface area (Å²) in [4.78, 5) is 55.0. The van der Waals surface area contributed by atoms with Gasteiger partial charge in [0.2, 0.25) is 23.6 Å². The lowest BCUT2D eigenvalue weighted by Gasteiger charge is -2.37. The lowest BCUT2D eigenvalue weighted by atomic mass is 9.85. The summed E-state index contributed by atoms with van der Waals surface area (Å²) in [5.74, 6) is -2.81. The fraction of sp³-hybridized carbons (Fsp3) is 0.308. The van der Waals surface area contributed by atoms with E-state index in [1.54, 1.807) is 12.1 Å². The molecule has 1 saturated heterocycles. The molecule has 8 heteroatoms. The van der Waals surface area contributed by atoms with Crippen molar-refractivity contribution in [3.63, 3.8) is 0 Å². The first kappa shape index (κ1) is 22.0. The van der Waals surface area contributed by atoms with Crippen molar-refractivity contribution in [2.45, 2.75) is 31.7 Å². The minimum atomic E-state index is -0.829. The molecule has 1 fully saturated rings. The molecule has 3 unspecified atom stereocenters. The van der Waals surface area contributed by atoms with Crippen LogP contribution in [0.3, 0.4) is 0 Å². The second-order valence-electron chi connectivity index (χ2n) is 8.86. The van der Waals surface area contributed by atoms with Crippen molar-refractivity contribution >= 4 is 35.0 Å². The summed E-state index contributed by atoms with van der Waals surface area (Å²) in [7, 11) is 0. The van der Waals surface area contributed by atoms with Gasteiger partial charge in [0.25, 0.3) is 0 Å². The quantitative estimate of drug-likeness (QED) is 0.560. The number of benzene rings is 2. The first-order valence-electron chi connectivity index (χ1n) is 11.4. The van der Waals surface area contributed by atoms with Gasteiger partial charge in [-0.25, -0.2) is 4.39 Å². The maximum atomic E-state index is 13.6. The number of allylic oxidation sites excluding steroid dienone is 2. The summed E-state index contributed by atoms with van der Waals surface area (Å²) in [6, 6.07) is 11.9. The Hall–Kier alpha value is -3.81. The third-order valence-electron chi connectivity index (χ3n) is 6.83. The average molecular weight is 461 g/mol. The number of likely N-dealkylation sites (tertiary alicyclic amines) is 1. The molecule has 2 aliphatic heterocycles. The Morgan fingerprint density at radius 2 is 1.59 bits per heavy atom. The maximum absolute atomic E-state index is 13.6. The molecule has 4 amide bonds. The van der Waals surface area contributed by atoms with E-state index in [-0.39, 0.29) is 11.8 Å². The van der Waals surface area contributed by atoms with Gasteiger partial charge in [0.05, 0.1) is 11.8 Å². The van der Waals surface area contributed by atoms with Gasteiger partial charge in [-0.15, -0.1) is 0 Å². The van der Waals surface area contributed by atoms with Gasteiger partial charge in [-0.1, -0.05) is 30.4 Å². The van der Waals surface area contributed by atoms with E-state index in [2.05, 4.69) is 5.32 Å². The Labute approximate surface area is 196 Å². The SMILES string of the molecule is O=C(Nc1ccc(F)cc1)C1CCc2ccccc2N1C(=O)CN1C(=O)C2CC=CCC2C1=O. The van der Waals surface area contributed by atoms with Gasteiger partial charge in [0.1, 0.15) is 18.4 Å². The molecule has 0 radical (unpaired) electrons. The summed E-state index contributed by atoms with van der Waals surface area (Å²) < 4.78 is 13.3. The minimum absolute atomic E-state index is 0.328. The van der Waals surface area contributed by atoms with Crippen LogP contribution in [0.1, 0.15) is 24.8 Å². The molecule has 3 aliphatic rings. The van der Waals surface area contributed by atoms with Gasteiger partial charge >= 0.3 is 0 Å². The highest BCUT2D eigenvalue weighted by Crippen LogP contribution is 2.36. The number of imide groups is 1. The highest BCUT2D eigenvalue weighted by molar-refractivity contribution is 6.11. The van der Waals surface area contributed by atoms with E-state index in [4.69, 9.17) is 0 Å².